The van der Waals surface area contributed by atoms with E-state index in [2.05, 4.69) is 0 Å². The molecular formula is C17H21N3O3. The molecule has 2 rings (SSSR count). The van der Waals surface area contributed by atoms with Gasteiger partial charge in [0.05, 0.1) is 24.5 Å². The fourth-order valence-corrected chi connectivity index (χ4v) is 1.99. The van der Waals surface area contributed by atoms with Gasteiger partial charge in [-0.15, -0.1) is 0 Å². The summed E-state index contributed by atoms with van der Waals surface area (Å²) in [7, 11) is 0. The van der Waals surface area contributed by atoms with Gasteiger partial charge in [-0.3, -0.25) is 4.79 Å². The van der Waals surface area contributed by atoms with Crippen molar-refractivity contribution < 1.29 is 14.3 Å². The van der Waals surface area contributed by atoms with E-state index >= 15 is 0 Å². The van der Waals surface area contributed by atoms with E-state index in [0.717, 1.165) is 6.41 Å². The van der Waals surface area contributed by atoms with Gasteiger partial charge in [0.1, 0.15) is 24.7 Å². The number of rotatable bonds is 9. The number of hydrogen-bond acceptors (Lipinski definition) is 5. The van der Waals surface area contributed by atoms with Crippen molar-refractivity contribution in [3.63, 3.8) is 0 Å². The number of benzene rings is 2. The van der Waals surface area contributed by atoms with Gasteiger partial charge < -0.3 is 25.8 Å². The highest BCUT2D eigenvalue weighted by Crippen LogP contribution is 2.20. The number of amides is 1. The average molecular weight is 315 g/mol. The van der Waals surface area contributed by atoms with Crippen LogP contribution < -0.4 is 20.9 Å². The zero-order chi connectivity index (χ0) is 16.5. The van der Waals surface area contributed by atoms with Gasteiger partial charge in [0, 0.05) is 0 Å². The van der Waals surface area contributed by atoms with Crippen molar-refractivity contribution in [3.05, 3.63) is 48.5 Å². The summed E-state index contributed by atoms with van der Waals surface area (Å²) in [6.07, 6.45) is 0.773. The predicted molar refractivity (Wildman–Crippen MR) is 90.3 cm³/mol. The molecule has 0 saturated carbocycles. The Hall–Kier alpha value is -2.89. The van der Waals surface area contributed by atoms with Gasteiger partial charge in [-0.2, -0.15) is 0 Å². The molecule has 0 unspecified atom stereocenters. The molecule has 1 amide bonds. The normalized spacial score (nSPS) is 10.1. The third-order valence-electron chi connectivity index (χ3n) is 3.26. The highest BCUT2D eigenvalue weighted by molar-refractivity contribution is 5.52. The molecular weight excluding hydrogens is 294 g/mol. The second-order valence-corrected chi connectivity index (χ2v) is 4.91. The van der Waals surface area contributed by atoms with Gasteiger partial charge in [-0.25, -0.2) is 0 Å². The fourth-order valence-electron chi connectivity index (χ4n) is 1.99. The van der Waals surface area contributed by atoms with Crippen LogP contribution in [0.5, 0.6) is 11.5 Å². The Balaban J connectivity index is 1.72. The molecule has 0 fully saturated rings. The highest BCUT2D eigenvalue weighted by atomic mass is 16.5. The molecule has 122 valence electrons. The molecule has 2 aromatic rings. The van der Waals surface area contributed by atoms with Gasteiger partial charge >= 0.3 is 0 Å². The van der Waals surface area contributed by atoms with E-state index in [1.54, 1.807) is 29.2 Å². The van der Waals surface area contributed by atoms with E-state index < -0.39 is 0 Å². The lowest BCUT2D eigenvalue weighted by Gasteiger charge is -2.18. The van der Waals surface area contributed by atoms with E-state index in [4.69, 9.17) is 20.9 Å². The third-order valence-corrected chi connectivity index (χ3v) is 3.26. The zero-order valence-corrected chi connectivity index (χ0v) is 12.9. The van der Waals surface area contributed by atoms with E-state index in [9.17, 15) is 4.79 Å². The number of ether oxygens (including phenoxy) is 2. The number of nitrogens with zero attached hydrogens (tertiary/aromatic N) is 1. The lowest BCUT2D eigenvalue weighted by atomic mass is 10.3. The summed E-state index contributed by atoms with van der Waals surface area (Å²) in [5.41, 5.74) is 12.7. The van der Waals surface area contributed by atoms with Gasteiger partial charge in [-0.05, 0) is 24.3 Å². The zero-order valence-electron chi connectivity index (χ0n) is 12.9. The molecule has 23 heavy (non-hydrogen) atoms. The number of carbonyl (C=O) groups excluding carboxylic acids is 1. The van der Waals surface area contributed by atoms with Crippen LogP contribution >= 0.6 is 0 Å². The maximum Gasteiger partial charge on any atom is 0.209 e. The minimum absolute atomic E-state index is 0.362. The first-order chi connectivity index (χ1) is 11.2. The predicted octanol–water partition coefficient (Wildman–Crippen LogP) is 1.77. The maximum atomic E-state index is 11.1. The average Bonchev–Trinajstić information content (AvgIpc) is 2.56. The Morgan fingerprint density at radius 1 is 0.826 bits per heavy atom. The van der Waals surface area contributed by atoms with Crippen molar-refractivity contribution in [2.75, 3.05) is 37.8 Å². The summed E-state index contributed by atoms with van der Waals surface area (Å²) in [5.74, 6) is 1.23. The van der Waals surface area contributed by atoms with Crippen LogP contribution in [0.4, 0.5) is 11.4 Å². The van der Waals surface area contributed by atoms with Crippen molar-refractivity contribution in [2.24, 2.45) is 0 Å². The molecule has 0 aliphatic heterocycles. The third kappa shape index (κ3) is 5.10. The Morgan fingerprint density at radius 2 is 1.26 bits per heavy atom. The van der Waals surface area contributed by atoms with Gasteiger partial charge in [0.2, 0.25) is 6.41 Å². The Kier molecular flexibility index (Phi) is 6.11. The number of anilines is 2. The van der Waals surface area contributed by atoms with Gasteiger partial charge in [0.25, 0.3) is 0 Å². The molecule has 0 saturated heterocycles. The summed E-state index contributed by atoms with van der Waals surface area (Å²) in [4.78, 5) is 12.7. The largest absolute Gasteiger partial charge is 0.490 e. The molecule has 0 bridgehead atoms. The Labute approximate surface area is 135 Å². The number of nitrogens with two attached hydrogens (primary N) is 2. The van der Waals surface area contributed by atoms with Crippen LogP contribution in [0.2, 0.25) is 0 Å². The van der Waals surface area contributed by atoms with E-state index in [-0.39, 0.29) is 0 Å². The molecule has 4 N–H and O–H groups in total. The Morgan fingerprint density at radius 3 is 1.65 bits per heavy atom. The van der Waals surface area contributed by atoms with E-state index in [1.165, 1.54) is 0 Å². The smallest absolute Gasteiger partial charge is 0.209 e. The SMILES string of the molecule is Nc1ccccc1OCCN(C=O)CCOc1ccccc1N. The molecule has 6 nitrogen and oxygen atoms in total. The number of nitrogen functional groups attached to an aromatic ring is 2. The van der Waals surface area contributed by atoms with Crippen molar-refractivity contribution in [3.8, 4) is 11.5 Å². The van der Waals surface area contributed by atoms with Crippen LogP contribution in [0.1, 0.15) is 0 Å². The molecule has 0 heterocycles. The van der Waals surface area contributed by atoms with E-state index in [0.29, 0.717) is 49.2 Å². The summed E-state index contributed by atoms with van der Waals surface area (Å²) < 4.78 is 11.1. The first-order valence-corrected chi connectivity index (χ1v) is 7.34. The monoisotopic (exact) mass is 315 g/mol. The highest BCUT2D eigenvalue weighted by Gasteiger charge is 2.05. The second-order valence-electron chi connectivity index (χ2n) is 4.91. The van der Waals surface area contributed by atoms with Crippen LogP contribution in [0.3, 0.4) is 0 Å². The molecule has 0 radical (unpaired) electrons. The van der Waals surface area contributed by atoms with Crippen molar-refractivity contribution in [2.45, 2.75) is 0 Å². The summed E-state index contributed by atoms with van der Waals surface area (Å²) in [5, 5.41) is 0. The summed E-state index contributed by atoms with van der Waals surface area (Å²) in [6.45, 7) is 1.62. The van der Waals surface area contributed by atoms with Gasteiger partial charge in [0.15, 0.2) is 0 Å². The van der Waals surface area contributed by atoms with Crippen LogP contribution in [-0.2, 0) is 4.79 Å². The van der Waals surface area contributed by atoms with Crippen LogP contribution in [-0.4, -0.2) is 37.6 Å². The number of para-hydroxylation sites is 4. The molecule has 0 atom stereocenters. The Bertz CT molecular complexity index is 582. The maximum absolute atomic E-state index is 11.1. The molecule has 0 aromatic heterocycles. The second kappa shape index (κ2) is 8.53. The van der Waals surface area contributed by atoms with E-state index in [1.807, 2.05) is 24.3 Å². The molecule has 0 spiro atoms. The molecule has 0 aliphatic rings. The van der Waals surface area contributed by atoms with Gasteiger partial charge in [-0.1, -0.05) is 24.3 Å². The first kappa shape index (κ1) is 16.5. The van der Waals surface area contributed by atoms with Crippen molar-refractivity contribution in [1.82, 2.24) is 4.90 Å². The lowest BCUT2D eigenvalue weighted by Crippen LogP contribution is -2.31. The summed E-state index contributed by atoms with van der Waals surface area (Å²) in [6, 6.07) is 14.5. The van der Waals surface area contributed by atoms with Crippen molar-refractivity contribution in [1.29, 1.82) is 0 Å². The first-order valence-electron chi connectivity index (χ1n) is 7.34. The minimum atomic E-state index is 0.362. The quantitative estimate of drug-likeness (QED) is 0.543. The lowest BCUT2D eigenvalue weighted by molar-refractivity contribution is -0.118. The van der Waals surface area contributed by atoms with Crippen LogP contribution in [0, 0.1) is 0 Å². The number of carbonyl (C=O) groups is 1. The van der Waals surface area contributed by atoms with Crippen LogP contribution in [0.15, 0.2) is 48.5 Å². The minimum Gasteiger partial charge on any atom is -0.490 e. The van der Waals surface area contributed by atoms with Crippen molar-refractivity contribution >= 4 is 17.8 Å². The fraction of sp³-hybridized carbons (Fsp3) is 0.235. The number of hydrogen-bond donors (Lipinski definition) is 2. The standard InChI is InChI=1S/C17H21N3O3/c18-14-5-1-3-7-16(14)22-11-9-20(13-21)10-12-23-17-8-4-2-6-15(17)19/h1-8,13H,9-12,18-19H2. The topological polar surface area (TPSA) is 90.8 Å². The van der Waals surface area contributed by atoms with Crippen LogP contribution in [0.25, 0.3) is 0 Å². The summed E-state index contributed by atoms with van der Waals surface area (Å²) >= 11 is 0. The molecule has 2 aromatic carbocycles. The molecule has 0 aliphatic carbocycles. The molecule has 6 heteroatoms.